The maximum Gasteiger partial charge on any atom is 0.162 e. The first-order chi connectivity index (χ1) is 12.5. The molecule has 0 fully saturated rings. The summed E-state index contributed by atoms with van der Waals surface area (Å²) in [7, 11) is 0. The van der Waals surface area contributed by atoms with Gasteiger partial charge in [0.05, 0.1) is 6.10 Å². The predicted octanol–water partition coefficient (Wildman–Crippen LogP) is 4.41. The van der Waals surface area contributed by atoms with E-state index in [4.69, 9.17) is 0 Å². The normalized spacial score (nSPS) is 14.8. The number of ketones is 2. The number of benzene rings is 2. The lowest BCUT2D eigenvalue weighted by molar-refractivity contribution is 0.0926. The molecule has 0 spiro atoms. The van der Waals surface area contributed by atoms with Crippen LogP contribution < -0.4 is 0 Å². The average Bonchev–Trinajstić information content (AvgIpc) is 3.07. The van der Waals surface area contributed by atoms with Crippen molar-refractivity contribution in [1.82, 2.24) is 0 Å². The van der Waals surface area contributed by atoms with Gasteiger partial charge in [0.2, 0.25) is 0 Å². The summed E-state index contributed by atoms with van der Waals surface area (Å²) in [5, 5.41) is 10.2. The standard InChI is InChI=1S/C23H26O3/c1-16(24)18-7-9-19(10-8-18)23(26)13-12-22(25)11-6-17-14-20-4-2-3-5-21(20)15-17/h2-5,7-10,17,22,25H,6,11-15H2,1H3. The number of carbonyl (C=O) groups excluding carboxylic acids is 2. The monoisotopic (exact) mass is 350 g/mol. The van der Waals surface area contributed by atoms with Crippen LogP contribution in [0.1, 0.15) is 64.4 Å². The Morgan fingerprint density at radius 2 is 1.54 bits per heavy atom. The molecule has 1 aliphatic carbocycles. The van der Waals surface area contributed by atoms with Crippen molar-refractivity contribution in [3.63, 3.8) is 0 Å². The van der Waals surface area contributed by atoms with Crippen molar-refractivity contribution in [2.45, 2.75) is 51.6 Å². The highest BCUT2D eigenvalue weighted by atomic mass is 16.3. The molecule has 2 aromatic rings. The number of hydrogen-bond donors (Lipinski definition) is 1. The predicted molar refractivity (Wildman–Crippen MR) is 103 cm³/mol. The molecule has 0 aromatic heterocycles. The fourth-order valence-corrected chi connectivity index (χ4v) is 3.76. The number of carbonyl (C=O) groups is 2. The lowest BCUT2D eigenvalue weighted by Gasteiger charge is -2.13. The van der Waals surface area contributed by atoms with Gasteiger partial charge in [-0.1, -0.05) is 48.5 Å². The summed E-state index contributed by atoms with van der Waals surface area (Å²) in [4.78, 5) is 23.5. The van der Waals surface area contributed by atoms with Crippen LogP contribution in [0.4, 0.5) is 0 Å². The van der Waals surface area contributed by atoms with Crippen LogP contribution in [0.3, 0.4) is 0 Å². The SMILES string of the molecule is CC(=O)c1ccc(C(=O)CCC(O)CCC2Cc3ccccc3C2)cc1. The second-order valence-electron chi connectivity index (χ2n) is 7.37. The molecule has 0 bridgehead atoms. The van der Waals surface area contributed by atoms with E-state index in [0.717, 1.165) is 25.7 Å². The summed E-state index contributed by atoms with van der Waals surface area (Å²) in [6.45, 7) is 1.51. The Morgan fingerprint density at radius 3 is 2.12 bits per heavy atom. The smallest absolute Gasteiger partial charge is 0.162 e. The fraction of sp³-hybridized carbons (Fsp3) is 0.391. The highest BCUT2D eigenvalue weighted by molar-refractivity contribution is 5.98. The number of aliphatic hydroxyl groups excluding tert-OH is 1. The highest BCUT2D eigenvalue weighted by Crippen LogP contribution is 2.30. The molecule has 26 heavy (non-hydrogen) atoms. The van der Waals surface area contributed by atoms with Crippen LogP contribution in [-0.2, 0) is 12.8 Å². The van der Waals surface area contributed by atoms with Gasteiger partial charge in [0.15, 0.2) is 11.6 Å². The van der Waals surface area contributed by atoms with Crippen LogP contribution in [-0.4, -0.2) is 22.8 Å². The lowest BCUT2D eigenvalue weighted by Crippen LogP contribution is -2.12. The van der Waals surface area contributed by atoms with Crippen LogP contribution in [0.2, 0.25) is 0 Å². The Kier molecular flexibility index (Phi) is 6.00. The fourth-order valence-electron chi connectivity index (χ4n) is 3.76. The summed E-state index contributed by atoms with van der Waals surface area (Å²) in [5.74, 6) is 0.623. The van der Waals surface area contributed by atoms with Crippen LogP contribution in [0.15, 0.2) is 48.5 Å². The van der Waals surface area contributed by atoms with E-state index in [0.29, 0.717) is 29.9 Å². The Balaban J connectivity index is 1.41. The molecule has 0 saturated carbocycles. The van der Waals surface area contributed by atoms with Crippen LogP contribution in [0.5, 0.6) is 0 Å². The van der Waals surface area contributed by atoms with Crippen molar-refractivity contribution in [2.24, 2.45) is 5.92 Å². The van der Waals surface area contributed by atoms with Crippen molar-refractivity contribution in [3.05, 3.63) is 70.8 Å². The first-order valence-electron chi connectivity index (χ1n) is 9.42. The zero-order chi connectivity index (χ0) is 18.5. The van der Waals surface area contributed by atoms with Crippen molar-refractivity contribution < 1.29 is 14.7 Å². The number of hydrogen-bond acceptors (Lipinski definition) is 3. The van der Waals surface area contributed by atoms with Crippen molar-refractivity contribution in [3.8, 4) is 0 Å². The van der Waals surface area contributed by atoms with Crippen LogP contribution in [0, 0.1) is 5.92 Å². The first-order valence-corrected chi connectivity index (χ1v) is 9.42. The second-order valence-corrected chi connectivity index (χ2v) is 7.37. The van der Waals surface area contributed by atoms with Gasteiger partial charge in [-0.05, 0) is 56.1 Å². The van der Waals surface area contributed by atoms with Gasteiger partial charge in [-0.15, -0.1) is 0 Å². The molecular weight excluding hydrogens is 324 g/mol. The van der Waals surface area contributed by atoms with E-state index in [2.05, 4.69) is 24.3 Å². The first kappa shape index (κ1) is 18.5. The molecular formula is C23H26O3. The number of rotatable bonds is 8. The summed E-state index contributed by atoms with van der Waals surface area (Å²) in [5.41, 5.74) is 4.10. The molecule has 3 rings (SSSR count). The van der Waals surface area contributed by atoms with Gasteiger partial charge in [-0.25, -0.2) is 0 Å². The number of aliphatic hydroxyl groups is 1. The maximum atomic E-state index is 12.2. The molecule has 0 radical (unpaired) electrons. The van der Waals surface area contributed by atoms with E-state index in [1.54, 1.807) is 24.3 Å². The summed E-state index contributed by atoms with van der Waals surface area (Å²) in [6.07, 6.45) is 4.35. The van der Waals surface area contributed by atoms with Crippen molar-refractivity contribution >= 4 is 11.6 Å². The third-order valence-corrected chi connectivity index (χ3v) is 5.36. The van der Waals surface area contributed by atoms with Crippen LogP contribution >= 0.6 is 0 Å². The molecule has 1 aliphatic rings. The van der Waals surface area contributed by atoms with Gasteiger partial charge in [-0.3, -0.25) is 9.59 Å². The summed E-state index contributed by atoms with van der Waals surface area (Å²) < 4.78 is 0. The molecule has 1 N–H and O–H groups in total. The Labute approximate surface area is 155 Å². The number of fused-ring (bicyclic) bond motifs is 1. The molecule has 0 saturated heterocycles. The zero-order valence-electron chi connectivity index (χ0n) is 15.3. The minimum Gasteiger partial charge on any atom is -0.393 e. The minimum atomic E-state index is -0.431. The third kappa shape index (κ3) is 4.67. The molecule has 2 aromatic carbocycles. The molecule has 1 atom stereocenters. The Morgan fingerprint density at radius 1 is 0.962 bits per heavy atom. The van der Waals surface area contributed by atoms with E-state index in [-0.39, 0.29) is 11.6 Å². The highest BCUT2D eigenvalue weighted by Gasteiger charge is 2.21. The van der Waals surface area contributed by atoms with Gasteiger partial charge in [0, 0.05) is 17.5 Å². The topological polar surface area (TPSA) is 54.4 Å². The maximum absolute atomic E-state index is 12.2. The van der Waals surface area contributed by atoms with Gasteiger partial charge in [-0.2, -0.15) is 0 Å². The summed E-state index contributed by atoms with van der Waals surface area (Å²) >= 11 is 0. The lowest BCUT2D eigenvalue weighted by atomic mass is 9.95. The largest absolute Gasteiger partial charge is 0.393 e. The molecule has 3 nitrogen and oxygen atoms in total. The molecule has 3 heteroatoms. The molecule has 0 aliphatic heterocycles. The average molecular weight is 350 g/mol. The zero-order valence-corrected chi connectivity index (χ0v) is 15.3. The molecule has 1 unspecified atom stereocenters. The molecule has 136 valence electrons. The Bertz CT molecular complexity index is 751. The van der Waals surface area contributed by atoms with E-state index in [9.17, 15) is 14.7 Å². The van der Waals surface area contributed by atoms with E-state index >= 15 is 0 Å². The van der Waals surface area contributed by atoms with E-state index in [1.165, 1.54) is 18.1 Å². The van der Waals surface area contributed by atoms with Gasteiger partial charge >= 0.3 is 0 Å². The summed E-state index contributed by atoms with van der Waals surface area (Å²) in [6, 6.07) is 15.3. The Hall–Kier alpha value is -2.26. The molecule has 0 heterocycles. The minimum absolute atomic E-state index is 0.00603. The van der Waals surface area contributed by atoms with Crippen molar-refractivity contribution in [1.29, 1.82) is 0 Å². The number of Topliss-reactive ketones (excluding diaryl/α,β-unsaturated/α-hetero) is 2. The van der Waals surface area contributed by atoms with E-state index < -0.39 is 6.10 Å². The second kappa shape index (κ2) is 8.41. The molecule has 0 amide bonds. The quantitative estimate of drug-likeness (QED) is 0.718. The van der Waals surface area contributed by atoms with Gasteiger partial charge < -0.3 is 5.11 Å². The van der Waals surface area contributed by atoms with Gasteiger partial charge in [0.1, 0.15) is 0 Å². The van der Waals surface area contributed by atoms with Crippen LogP contribution in [0.25, 0.3) is 0 Å². The van der Waals surface area contributed by atoms with Gasteiger partial charge in [0.25, 0.3) is 0 Å². The van der Waals surface area contributed by atoms with E-state index in [1.807, 2.05) is 0 Å². The third-order valence-electron chi connectivity index (χ3n) is 5.36. The van der Waals surface area contributed by atoms with Crippen molar-refractivity contribution in [2.75, 3.05) is 0 Å².